The first-order chi connectivity index (χ1) is 12.5. The molecule has 3 N–H and O–H groups in total. The van der Waals surface area contributed by atoms with E-state index in [1.54, 1.807) is 0 Å². The molecule has 0 spiro atoms. The van der Waals surface area contributed by atoms with Gasteiger partial charge in [0.1, 0.15) is 6.04 Å². The number of urea groups is 1. The Kier molecular flexibility index (Phi) is 7.21. The van der Waals surface area contributed by atoms with Crippen LogP contribution >= 0.6 is 0 Å². The molecule has 0 aliphatic rings. The Balaban J connectivity index is 1.96. The molecule has 2 atom stereocenters. The van der Waals surface area contributed by atoms with Crippen LogP contribution in [0.2, 0.25) is 0 Å². The van der Waals surface area contributed by atoms with Crippen molar-refractivity contribution in [2.45, 2.75) is 45.7 Å². The lowest BCUT2D eigenvalue weighted by atomic mass is 10.1. The van der Waals surface area contributed by atoms with Crippen molar-refractivity contribution >= 4 is 17.6 Å². The first kappa shape index (κ1) is 19.5. The van der Waals surface area contributed by atoms with Gasteiger partial charge in [-0.05, 0) is 43.5 Å². The molecule has 2 aromatic rings. The van der Waals surface area contributed by atoms with E-state index < -0.39 is 6.04 Å². The quantitative estimate of drug-likeness (QED) is 0.699. The van der Waals surface area contributed by atoms with Crippen molar-refractivity contribution in [1.82, 2.24) is 10.6 Å². The molecule has 2 aromatic carbocycles. The first-order valence-electron chi connectivity index (χ1n) is 8.99. The molecule has 2 unspecified atom stereocenters. The number of hydrogen-bond donors (Lipinski definition) is 3. The van der Waals surface area contributed by atoms with Gasteiger partial charge in [-0.2, -0.15) is 0 Å². The van der Waals surface area contributed by atoms with Gasteiger partial charge in [0.25, 0.3) is 0 Å². The molecule has 0 aliphatic heterocycles. The molecule has 0 heterocycles. The highest BCUT2D eigenvalue weighted by molar-refractivity contribution is 5.93. The summed E-state index contributed by atoms with van der Waals surface area (Å²) in [6.45, 7) is 5.88. The third kappa shape index (κ3) is 5.92. The van der Waals surface area contributed by atoms with E-state index >= 15 is 0 Å². The number of aryl methyl sites for hydroxylation is 1. The fourth-order valence-corrected chi connectivity index (χ4v) is 2.74. The lowest BCUT2D eigenvalue weighted by Crippen LogP contribution is -2.48. The molecule has 5 heteroatoms. The molecule has 3 amide bonds. The summed E-state index contributed by atoms with van der Waals surface area (Å²) in [5.41, 5.74) is 2.79. The zero-order chi connectivity index (χ0) is 18.9. The molecule has 0 aromatic heterocycles. The van der Waals surface area contributed by atoms with Crippen molar-refractivity contribution in [3.05, 3.63) is 65.7 Å². The van der Waals surface area contributed by atoms with Crippen LogP contribution in [-0.2, 0) is 4.79 Å². The van der Waals surface area contributed by atoms with Gasteiger partial charge in [0.15, 0.2) is 0 Å². The van der Waals surface area contributed by atoms with Crippen molar-refractivity contribution in [2.24, 2.45) is 0 Å². The smallest absolute Gasteiger partial charge is 0.319 e. The van der Waals surface area contributed by atoms with Crippen LogP contribution in [0.5, 0.6) is 0 Å². The topological polar surface area (TPSA) is 70.2 Å². The summed E-state index contributed by atoms with van der Waals surface area (Å²) >= 11 is 0. The molecule has 0 saturated heterocycles. The summed E-state index contributed by atoms with van der Waals surface area (Å²) in [5, 5.41) is 8.54. The number of carbonyl (C=O) groups is 2. The second-order valence-corrected chi connectivity index (χ2v) is 6.45. The average Bonchev–Trinajstić information content (AvgIpc) is 2.62. The molecule has 0 fully saturated rings. The molecule has 0 radical (unpaired) electrons. The van der Waals surface area contributed by atoms with E-state index in [-0.39, 0.29) is 18.0 Å². The van der Waals surface area contributed by atoms with E-state index in [2.05, 4.69) is 16.0 Å². The molecule has 5 nitrogen and oxygen atoms in total. The Morgan fingerprint density at radius 2 is 1.73 bits per heavy atom. The number of hydrogen-bond acceptors (Lipinski definition) is 2. The Labute approximate surface area is 155 Å². The van der Waals surface area contributed by atoms with Gasteiger partial charge >= 0.3 is 6.03 Å². The van der Waals surface area contributed by atoms with Crippen LogP contribution in [0.3, 0.4) is 0 Å². The monoisotopic (exact) mass is 353 g/mol. The predicted molar refractivity (Wildman–Crippen MR) is 105 cm³/mol. The summed E-state index contributed by atoms with van der Waals surface area (Å²) in [6, 6.07) is 16.2. The molecule has 2 rings (SSSR count). The predicted octanol–water partition coefficient (Wildman–Crippen LogP) is 4.16. The van der Waals surface area contributed by atoms with Gasteiger partial charge in [0, 0.05) is 5.69 Å². The number of nitrogens with one attached hydrogen (secondary N) is 3. The van der Waals surface area contributed by atoms with Gasteiger partial charge < -0.3 is 16.0 Å². The molecular weight excluding hydrogens is 326 g/mol. The van der Waals surface area contributed by atoms with Crippen molar-refractivity contribution in [3.63, 3.8) is 0 Å². The maximum atomic E-state index is 12.6. The number of rotatable bonds is 7. The molecule has 138 valence electrons. The number of amides is 3. The third-order valence-corrected chi connectivity index (χ3v) is 4.13. The van der Waals surface area contributed by atoms with Gasteiger partial charge in [-0.1, -0.05) is 55.8 Å². The van der Waals surface area contributed by atoms with E-state index in [1.807, 2.05) is 75.4 Å². The highest BCUT2D eigenvalue weighted by Gasteiger charge is 2.21. The van der Waals surface area contributed by atoms with Crippen molar-refractivity contribution < 1.29 is 9.59 Å². The van der Waals surface area contributed by atoms with Crippen molar-refractivity contribution in [1.29, 1.82) is 0 Å². The standard InChI is InChI=1S/C21H27N3O2/c1-4-9-19(20(25)22-16(3)17-11-6-5-7-12-17)24-21(26)23-18-13-8-10-15(2)14-18/h5-8,10-14,16,19H,4,9H2,1-3H3,(H,22,25)(H2,23,24,26). The number of anilines is 1. The van der Waals surface area contributed by atoms with E-state index in [0.717, 1.165) is 17.5 Å². The summed E-state index contributed by atoms with van der Waals surface area (Å²) < 4.78 is 0. The second kappa shape index (κ2) is 9.61. The maximum Gasteiger partial charge on any atom is 0.319 e. The minimum absolute atomic E-state index is 0.121. The molecule has 26 heavy (non-hydrogen) atoms. The summed E-state index contributed by atoms with van der Waals surface area (Å²) in [4.78, 5) is 24.9. The average molecular weight is 353 g/mol. The van der Waals surface area contributed by atoms with Gasteiger partial charge in [0.05, 0.1) is 6.04 Å². The summed E-state index contributed by atoms with van der Waals surface area (Å²) in [5.74, 6) is -0.178. The van der Waals surface area contributed by atoms with E-state index in [9.17, 15) is 9.59 Å². The van der Waals surface area contributed by atoms with Crippen LogP contribution in [0.25, 0.3) is 0 Å². The normalized spacial score (nSPS) is 12.7. The molecule has 0 saturated carbocycles. The lowest BCUT2D eigenvalue weighted by Gasteiger charge is -2.21. The fraction of sp³-hybridized carbons (Fsp3) is 0.333. The van der Waals surface area contributed by atoms with Crippen LogP contribution in [0.1, 0.15) is 43.9 Å². The Morgan fingerprint density at radius 3 is 2.38 bits per heavy atom. The van der Waals surface area contributed by atoms with Crippen molar-refractivity contribution in [2.75, 3.05) is 5.32 Å². The van der Waals surface area contributed by atoms with Crippen LogP contribution in [0.4, 0.5) is 10.5 Å². The van der Waals surface area contributed by atoms with Crippen molar-refractivity contribution in [3.8, 4) is 0 Å². The van der Waals surface area contributed by atoms with Crippen LogP contribution in [0.15, 0.2) is 54.6 Å². The first-order valence-corrected chi connectivity index (χ1v) is 8.99. The number of benzene rings is 2. The fourth-order valence-electron chi connectivity index (χ4n) is 2.74. The zero-order valence-electron chi connectivity index (χ0n) is 15.6. The minimum atomic E-state index is -0.573. The van der Waals surface area contributed by atoms with Gasteiger partial charge in [-0.15, -0.1) is 0 Å². The highest BCUT2D eigenvalue weighted by atomic mass is 16.2. The van der Waals surface area contributed by atoms with Crippen LogP contribution in [-0.4, -0.2) is 18.0 Å². The second-order valence-electron chi connectivity index (χ2n) is 6.45. The summed E-state index contributed by atoms with van der Waals surface area (Å²) in [7, 11) is 0. The van der Waals surface area contributed by atoms with Crippen LogP contribution in [0, 0.1) is 6.92 Å². The van der Waals surface area contributed by atoms with Crippen LogP contribution < -0.4 is 16.0 Å². The SMILES string of the molecule is CCCC(NC(=O)Nc1cccc(C)c1)C(=O)NC(C)c1ccccc1. The maximum absolute atomic E-state index is 12.6. The van der Waals surface area contributed by atoms with E-state index in [1.165, 1.54) is 0 Å². The Hall–Kier alpha value is -2.82. The third-order valence-electron chi connectivity index (χ3n) is 4.13. The molecule has 0 aliphatic carbocycles. The number of carbonyl (C=O) groups excluding carboxylic acids is 2. The van der Waals surface area contributed by atoms with Gasteiger partial charge in [-0.25, -0.2) is 4.79 Å². The largest absolute Gasteiger partial charge is 0.348 e. The van der Waals surface area contributed by atoms with E-state index in [0.29, 0.717) is 12.1 Å². The molecular formula is C21H27N3O2. The van der Waals surface area contributed by atoms with Gasteiger partial charge in [-0.3, -0.25) is 4.79 Å². The Bertz CT molecular complexity index is 731. The van der Waals surface area contributed by atoms with Gasteiger partial charge in [0.2, 0.25) is 5.91 Å². The molecule has 0 bridgehead atoms. The lowest BCUT2D eigenvalue weighted by molar-refractivity contribution is -0.123. The van der Waals surface area contributed by atoms with E-state index in [4.69, 9.17) is 0 Å². The highest BCUT2D eigenvalue weighted by Crippen LogP contribution is 2.12. The Morgan fingerprint density at radius 1 is 1.00 bits per heavy atom. The summed E-state index contributed by atoms with van der Waals surface area (Å²) in [6.07, 6.45) is 1.37. The zero-order valence-corrected chi connectivity index (χ0v) is 15.6. The minimum Gasteiger partial charge on any atom is -0.348 e.